The molecular formula is C16H23NO6. The fraction of sp³-hybridized carbons (Fsp3) is 0.500. The van der Waals surface area contributed by atoms with Gasteiger partial charge in [-0.3, -0.25) is 9.59 Å². The molecule has 0 aromatic heterocycles. The van der Waals surface area contributed by atoms with E-state index >= 15 is 0 Å². The van der Waals surface area contributed by atoms with Gasteiger partial charge in [0.15, 0.2) is 0 Å². The summed E-state index contributed by atoms with van der Waals surface area (Å²) in [6.45, 7) is 3.16. The lowest BCUT2D eigenvalue weighted by Gasteiger charge is -2.19. The highest BCUT2D eigenvalue weighted by Gasteiger charge is 2.30. The van der Waals surface area contributed by atoms with E-state index in [9.17, 15) is 9.59 Å². The lowest BCUT2D eigenvalue weighted by molar-refractivity contribution is -0.149. The van der Waals surface area contributed by atoms with Gasteiger partial charge >= 0.3 is 5.97 Å². The van der Waals surface area contributed by atoms with Gasteiger partial charge in [0.25, 0.3) is 0 Å². The maximum atomic E-state index is 12.0. The average molecular weight is 325 g/mol. The van der Waals surface area contributed by atoms with Crippen molar-refractivity contribution >= 4 is 11.9 Å². The Bertz CT molecular complexity index is 557. The number of amides is 1. The summed E-state index contributed by atoms with van der Waals surface area (Å²) >= 11 is 0. The number of hydrogen-bond donors (Lipinski definition) is 2. The SMILES string of the molecule is COc1cc(OC)c(CNC(=O)CC(C)(C)C(=O)O)c(OC)c1. The number of carbonyl (C=O) groups excluding carboxylic acids is 1. The zero-order valence-corrected chi connectivity index (χ0v) is 14.1. The number of aliphatic carboxylic acids is 1. The summed E-state index contributed by atoms with van der Waals surface area (Å²) in [4.78, 5) is 23.0. The molecule has 0 unspecified atom stereocenters. The molecule has 1 rings (SSSR count). The van der Waals surface area contributed by atoms with Gasteiger partial charge in [0.2, 0.25) is 5.91 Å². The Hall–Kier alpha value is -2.44. The Balaban J connectivity index is 2.89. The van der Waals surface area contributed by atoms with Crippen molar-refractivity contribution in [3.63, 3.8) is 0 Å². The van der Waals surface area contributed by atoms with Crippen LogP contribution in [0.4, 0.5) is 0 Å². The number of carboxylic acids is 1. The monoisotopic (exact) mass is 325 g/mol. The van der Waals surface area contributed by atoms with Crippen molar-refractivity contribution in [1.29, 1.82) is 0 Å². The lowest BCUT2D eigenvalue weighted by atomic mass is 9.89. The number of ether oxygens (including phenoxy) is 3. The molecule has 7 nitrogen and oxygen atoms in total. The van der Waals surface area contributed by atoms with Gasteiger partial charge in [-0.05, 0) is 13.8 Å². The van der Waals surface area contributed by atoms with E-state index in [1.807, 2.05) is 0 Å². The van der Waals surface area contributed by atoms with Gasteiger partial charge < -0.3 is 24.6 Å². The predicted octanol–water partition coefficient (Wildman–Crippen LogP) is 1.83. The molecule has 0 heterocycles. The Morgan fingerprint density at radius 3 is 2.00 bits per heavy atom. The molecule has 0 aliphatic heterocycles. The van der Waals surface area contributed by atoms with E-state index in [1.165, 1.54) is 35.2 Å². The summed E-state index contributed by atoms with van der Waals surface area (Å²) in [5.41, 5.74) is -0.477. The van der Waals surface area contributed by atoms with Crippen LogP contribution >= 0.6 is 0 Å². The molecule has 0 fully saturated rings. The largest absolute Gasteiger partial charge is 0.496 e. The van der Waals surface area contributed by atoms with E-state index in [2.05, 4.69) is 5.32 Å². The van der Waals surface area contributed by atoms with Gasteiger partial charge in [-0.15, -0.1) is 0 Å². The molecule has 23 heavy (non-hydrogen) atoms. The average Bonchev–Trinajstić information content (AvgIpc) is 2.51. The van der Waals surface area contributed by atoms with Crippen molar-refractivity contribution in [3.8, 4) is 17.2 Å². The summed E-state index contributed by atoms with van der Waals surface area (Å²) in [5.74, 6) is 0.211. The Labute approximate surface area is 135 Å². The standard InChI is InChI=1S/C16H23NO6/c1-16(2,15(19)20)8-14(18)17-9-11-12(22-4)6-10(21-3)7-13(11)23-5/h6-7H,8-9H2,1-5H3,(H,17,18)(H,19,20). The van der Waals surface area contributed by atoms with E-state index in [4.69, 9.17) is 19.3 Å². The van der Waals surface area contributed by atoms with Crippen molar-refractivity contribution < 1.29 is 28.9 Å². The second-order valence-corrected chi connectivity index (χ2v) is 5.65. The molecule has 7 heteroatoms. The molecule has 0 bridgehead atoms. The Morgan fingerprint density at radius 1 is 1.09 bits per heavy atom. The molecule has 0 aliphatic rings. The number of hydrogen-bond acceptors (Lipinski definition) is 5. The highest BCUT2D eigenvalue weighted by molar-refractivity contribution is 5.84. The van der Waals surface area contributed by atoms with Gasteiger partial charge in [0.05, 0.1) is 38.9 Å². The molecule has 1 aromatic rings. The number of nitrogens with one attached hydrogen (secondary N) is 1. The van der Waals surface area contributed by atoms with Crippen LogP contribution in [0.25, 0.3) is 0 Å². The highest BCUT2D eigenvalue weighted by atomic mass is 16.5. The minimum absolute atomic E-state index is 0.122. The minimum atomic E-state index is -1.13. The fourth-order valence-electron chi connectivity index (χ4n) is 1.98. The van der Waals surface area contributed by atoms with E-state index in [0.717, 1.165) is 0 Å². The first kappa shape index (κ1) is 18.6. The van der Waals surface area contributed by atoms with E-state index in [-0.39, 0.29) is 18.9 Å². The highest BCUT2D eigenvalue weighted by Crippen LogP contribution is 2.34. The summed E-state index contributed by atoms with van der Waals surface area (Å²) in [7, 11) is 4.55. The molecule has 1 aromatic carbocycles. The van der Waals surface area contributed by atoms with Gasteiger partial charge in [0, 0.05) is 18.6 Å². The van der Waals surface area contributed by atoms with E-state index in [0.29, 0.717) is 22.8 Å². The maximum absolute atomic E-state index is 12.0. The van der Waals surface area contributed by atoms with Gasteiger partial charge in [-0.2, -0.15) is 0 Å². The van der Waals surface area contributed by atoms with Crippen LogP contribution < -0.4 is 19.5 Å². The smallest absolute Gasteiger partial charge is 0.309 e. The van der Waals surface area contributed by atoms with Crippen LogP contribution in [0.1, 0.15) is 25.8 Å². The van der Waals surface area contributed by atoms with Crippen LogP contribution in [-0.4, -0.2) is 38.3 Å². The van der Waals surface area contributed by atoms with E-state index in [1.54, 1.807) is 12.1 Å². The van der Waals surface area contributed by atoms with Crippen molar-refractivity contribution in [2.75, 3.05) is 21.3 Å². The van der Waals surface area contributed by atoms with Crippen molar-refractivity contribution in [1.82, 2.24) is 5.32 Å². The van der Waals surface area contributed by atoms with Gasteiger partial charge in [0.1, 0.15) is 17.2 Å². The normalized spacial score (nSPS) is 10.8. The second kappa shape index (κ2) is 7.71. The number of rotatable bonds is 8. The molecule has 2 N–H and O–H groups in total. The van der Waals surface area contributed by atoms with Gasteiger partial charge in [-0.25, -0.2) is 0 Å². The summed E-state index contributed by atoms with van der Waals surface area (Å²) in [6, 6.07) is 3.37. The Kier molecular flexibility index (Phi) is 6.24. The third-order valence-corrected chi connectivity index (χ3v) is 3.46. The maximum Gasteiger partial charge on any atom is 0.309 e. The number of carbonyl (C=O) groups is 2. The summed E-state index contributed by atoms with van der Waals surface area (Å²) in [6.07, 6.45) is -0.122. The molecular weight excluding hydrogens is 302 g/mol. The topological polar surface area (TPSA) is 94.1 Å². The first-order valence-electron chi connectivity index (χ1n) is 7.04. The van der Waals surface area contributed by atoms with E-state index < -0.39 is 11.4 Å². The van der Waals surface area contributed by atoms with Crippen molar-refractivity contribution in [2.45, 2.75) is 26.8 Å². The molecule has 0 saturated heterocycles. The summed E-state index contributed by atoms with van der Waals surface area (Å²) < 4.78 is 15.8. The van der Waals surface area contributed by atoms with Gasteiger partial charge in [-0.1, -0.05) is 0 Å². The minimum Gasteiger partial charge on any atom is -0.496 e. The van der Waals surface area contributed by atoms with Crippen molar-refractivity contribution in [2.24, 2.45) is 5.41 Å². The zero-order chi connectivity index (χ0) is 17.6. The molecule has 0 atom stereocenters. The second-order valence-electron chi connectivity index (χ2n) is 5.65. The first-order valence-corrected chi connectivity index (χ1v) is 7.04. The first-order chi connectivity index (χ1) is 10.7. The van der Waals surface area contributed by atoms with Crippen LogP contribution in [0.2, 0.25) is 0 Å². The van der Waals surface area contributed by atoms with Crippen LogP contribution in [0, 0.1) is 5.41 Å². The summed E-state index contributed by atoms with van der Waals surface area (Å²) in [5, 5.41) is 11.8. The Morgan fingerprint density at radius 2 is 1.61 bits per heavy atom. The predicted molar refractivity (Wildman–Crippen MR) is 84.0 cm³/mol. The molecule has 0 aliphatic carbocycles. The van der Waals surface area contributed by atoms with Crippen molar-refractivity contribution in [3.05, 3.63) is 17.7 Å². The molecule has 0 saturated carbocycles. The van der Waals surface area contributed by atoms with Crippen LogP contribution in [0.3, 0.4) is 0 Å². The van der Waals surface area contributed by atoms with Crippen LogP contribution in [0.15, 0.2) is 12.1 Å². The third-order valence-electron chi connectivity index (χ3n) is 3.46. The van der Waals surface area contributed by atoms with Crippen LogP contribution in [0.5, 0.6) is 17.2 Å². The zero-order valence-electron chi connectivity index (χ0n) is 14.1. The molecule has 1 amide bonds. The third kappa shape index (κ3) is 4.77. The number of methoxy groups -OCH3 is 3. The fourth-order valence-corrected chi connectivity index (χ4v) is 1.98. The quantitative estimate of drug-likeness (QED) is 0.757. The molecule has 0 spiro atoms. The molecule has 0 radical (unpaired) electrons. The lowest BCUT2D eigenvalue weighted by Crippen LogP contribution is -2.33. The molecule has 128 valence electrons. The number of carboxylic acid groups (broad SMARTS) is 1. The van der Waals surface area contributed by atoms with Crippen LogP contribution in [-0.2, 0) is 16.1 Å². The number of benzene rings is 1.